The third-order valence-corrected chi connectivity index (χ3v) is 2.28. The van der Waals surface area contributed by atoms with Crippen LogP contribution in [0.3, 0.4) is 0 Å². The minimum Gasteiger partial charge on any atom is -0.308 e. The summed E-state index contributed by atoms with van der Waals surface area (Å²) in [5.74, 6) is 0. The van der Waals surface area contributed by atoms with Gasteiger partial charge in [-0.15, -0.1) is 6.58 Å². The number of rotatable bonds is 6. The highest BCUT2D eigenvalue weighted by Crippen LogP contribution is 2.18. The van der Waals surface area contributed by atoms with Gasteiger partial charge in [0.1, 0.15) is 0 Å². The Balaban J connectivity index is 2.66. The highest BCUT2D eigenvalue weighted by molar-refractivity contribution is 5.09. The summed E-state index contributed by atoms with van der Waals surface area (Å²) in [5, 5.41) is 7.92. The lowest BCUT2D eigenvalue weighted by Gasteiger charge is -2.16. The molecule has 1 atom stereocenters. The van der Waals surface area contributed by atoms with E-state index in [4.69, 9.17) is 0 Å². The maximum Gasteiger partial charge on any atom is 0.0797 e. The van der Waals surface area contributed by atoms with Crippen LogP contribution in [0.1, 0.15) is 38.4 Å². The van der Waals surface area contributed by atoms with Crippen LogP contribution in [0, 0.1) is 0 Å². The zero-order chi connectivity index (χ0) is 11.3. The van der Waals surface area contributed by atoms with Crippen molar-refractivity contribution in [1.82, 2.24) is 15.1 Å². The number of aromatic nitrogens is 2. The predicted molar refractivity (Wildman–Crippen MR) is 63.7 cm³/mol. The molecule has 0 aliphatic rings. The van der Waals surface area contributed by atoms with Crippen molar-refractivity contribution in [3.8, 4) is 0 Å². The van der Waals surface area contributed by atoms with E-state index in [1.165, 1.54) is 5.57 Å². The standard InChI is InChI=1S/C12H21N3/c1-5-7-13-12(9-10(2)3)11-6-8-15(4)14-11/h6,8,12-13H,2,5,7,9H2,1,3-4H3. The first kappa shape index (κ1) is 12.0. The van der Waals surface area contributed by atoms with Gasteiger partial charge in [0.05, 0.1) is 11.7 Å². The molecule has 1 aromatic rings. The van der Waals surface area contributed by atoms with Crippen LogP contribution >= 0.6 is 0 Å². The summed E-state index contributed by atoms with van der Waals surface area (Å²) in [6.07, 6.45) is 4.07. The van der Waals surface area contributed by atoms with Crippen molar-refractivity contribution in [2.75, 3.05) is 6.54 Å². The van der Waals surface area contributed by atoms with Crippen LogP contribution < -0.4 is 5.32 Å². The summed E-state index contributed by atoms with van der Waals surface area (Å²) < 4.78 is 1.84. The van der Waals surface area contributed by atoms with Crippen LogP contribution in [0.2, 0.25) is 0 Å². The molecule has 1 unspecified atom stereocenters. The molecule has 0 radical (unpaired) electrons. The quantitative estimate of drug-likeness (QED) is 0.726. The van der Waals surface area contributed by atoms with Crippen molar-refractivity contribution in [3.63, 3.8) is 0 Å². The molecule has 0 fully saturated rings. The average Bonchev–Trinajstić information content (AvgIpc) is 2.58. The van der Waals surface area contributed by atoms with E-state index in [0.29, 0.717) is 6.04 Å². The lowest BCUT2D eigenvalue weighted by molar-refractivity contribution is 0.509. The normalized spacial score (nSPS) is 12.7. The fourth-order valence-corrected chi connectivity index (χ4v) is 1.57. The average molecular weight is 207 g/mol. The van der Waals surface area contributed by atoms with E-state index in [1.807, 2.05) is 17.9 Å². The van der Waals surface area contributed by atoms with E-state index in [9.17, 15) is 0 Å². The van der Waals surface area contributed by atoms with Crippen molar-refractivity contribution in [2.45, 2.75) is 32.7 Å². The number of nitrogens with one attached hydrogen (secondary N) is 1. The number of hydrogen-bond acceptors (Lipinski definition) is 2. The molecule has 0 bridgehead atoms. The Bertz CT molecular complexity index is 314. The van der Waals surface area contributed by atoms with Gasteiger partial charge in [-0.2, -0.15) is 5.10 Å². The molecule has 0 spiro atoms. The molecule has 0 amide bonds. The van der Waals surface area contributed by atoms with Crippen molar-refractivity contribution in [3.05, 3.63) is 30.1 Å². The van der Waals surface area contributed by atoms with E-state index >= 15 is 0 Å². The Hall–Kier alpha value is -1.09. The second-order valence-electron chi connectivity index (χ2n) is 4.08. The molecular formula is C12H21N3. The molecule has 3 heteroatoms. The van der Waals surface area contributed by atoms with Gasteiger partial charge in [-0.05, 0) is 32.4 Å². The van der Waals surface area contributed by atoms with E-state index < -0.39 is 0 Å². The molecule has 15 heavy (non-hydrogen) atoms. The van der Waals surface area contributed by atoms with Crippen molar-refractivity contribution in [1.29, 1.82) is 0 Å². The number of hydrogen-bond donors (Lipinski definition) is 1. The molecule has 0 aliphatic carbocycles. The number of nitrogens with zero attached hydrogens (tertiary/aromatic N) is 2. The maximum absolute atomic E-state index is 4.43. The van der Waals surface area contributed by atoms with Crippen LogP contribution in [0.4, 0.5) is 0 Å². The summed E-state index contributed by atoms with van der Waals surface area (Å²) in [7, 11) is 1.95. The summed E-state index contributed by atoms with van der Waals surface area (Å²) in [6.45, 7) is 9.21. The topological polar surface area (TPSA) is 29.9 Å². The minimum atomic E-state index is 0.309. The Morgan fingerprint density at radius 2 is 2.40 bits per heavy atom. The first-order chi connectivity index (χ1) is 7.13. The third-order valence-electron chi connectivity index (χ3n) is 2.28. The van der Waals surface area contributed by atoms with Crippen molar-refractivity contribution in [2.24, 2.45) is 7.05 Å². The first-order valence-electron chi connectivity index (χ1n) is 5.50. The predicted octanol–water partition coefficient (Wildman–Crippen LogP) is 2.43. The molecule has 1 N–H and O–H groups in total. The maximum atomic E-state index is 4.43. The highest BCUT2D eigenvalue weighted by Gasteiger charge is 2.12. The molecule has 1 rings (SSSR count). The van der Waals surface area contributed by atoms with Gasteiger partial charge in [0, 0.05) is 13.2 Å². The summed E-state index contributed by atoms with van der Waals surface area (Å²) in [6, 6.07) is 2.37. The monoisotopic (exact) mass is 207 g/mol. The summed E-state index contributed by atoms with van der Waals surface area (Å²) in [5.41, 5.74) is 2.29. The van der Waals surface area contributed by atoms with E-state index in [2.05, 4.69) is 36.9 Å². The molecule has 0 saturated carbocycles. The van der Waals surface area contributed by atoms with Gasteiger partial charge in [-0.3, -0.25) is 4.68 Å². The lowest BCUT2D eigenvalue weighted by atomic mass is 10.1. The smallest absolute Gasteiger partial charge is 0.0797 e. The molecule has 0 saturated heterocycles. The highest BCUT2D eigenvalue weighted by atomic mass is 15.3. The summed E-state index contributed by atoms with van der Waals surface area (Å²) >= 11 is 0. The van der Waals surface area contributed by atoms with Crippen LogP contribution in [-0.4, -0.2) is 16.3 Å². The molecule has 3 nitrogen and oxygen atoms in total. The van der Waals surface area contributed by atoms with Crippen LogP contribution in [0.5, 0.6) is 0 Å². The second-order valence-corrected chi connectivity index (χ2v) is 4.08. The van der Waals surface area contributed by atoms with E-state index in [0.717, 1.165) is 25.1 Å². The fourth-order valence-electron chi connectivity index (χ4n) is 1.57. The van der Waals surface area contributed by atoms with Crippen LogP contribution in [0.25, 0.3) is 0 Å². The minimum absolute atomic E-state index is 0.309. The van der Waals surface area contributed by atoms with Gasteiger partial charge < -0.3 is 5.32 Å². The largest absolute Gasteiger partial charge is 0.308 e. The molecule has 0 aliphatic heterocycles. The van der Waals surface area contributed by atoms with Gasteiger partial charge in [0.2, 0.25) is 0 Å². The van der Waals surface area contributed by atoms with Gasteiger partial charge in [0.15, 0.2) is 0 Å². The van der Waals surface area contributed by atoms with E-state index in [-0.39, 0.29) is 0 Å². The first-order valence-corrected chi connectivity index (χ1v) is 5.50. The molecular weight excluding hydrogens is 186 g/mol. The SMILES string of the molecule is C=C(C)CC(NCCC)c1ccn(C)n1. The fraction of sp³-hybridized carbons (Fsp3) is 0.583. The molecule has 84 valence electrons. The summed E-state index contributed by atoms with van der Waals surface area (Å²) in [4.78, 5) is 0. The zero-order valence-corrected chi connectivity index (χ0v) is 9.95. The van der Waals surface area contributed by atoms with Crippen LogP contribution in [0.15, 0.2) is 24.4 Å². The lowest BCUT2D eigenvalue weighted by Crippen LogP contribution is -2.23. The Kier molecular flexibility index (Phi) is 4.56. The van der Waals surface area contributed by atoms with Crippen LogP contribution in [-0.2, 0) is 7.05 Å². The van der Waals surface area contributed by atoms with Gasteiger partial charge >= 0.3 is 0 Å². The third kappa shape index (κ3) is 3.88. The second kappa shape index (κ2) is 5.71. The van der Waals surface area contributed by atoms with Crippen molar-refractivity contribution >= 4 is 0 Å². The molecule has 1 aromatic heterocycles. The Morgan fingerprint density at radius 1 is 1.67 bits per heavy atom. The van der Waals surface area contributed by atoms with Gasteiger partial charge in [0.25, 0.3) is 0 Å². The Labute approximate surface area is 92.2 Å². The Morgan fingerprint density at radius 3 is 2.87 bits per heavy atom. The number of aryl methyl sites for hydroxylation is 1. The molecule has 1 heterocycles. The molecule has 0 aromatic carbocycles. The van der Waals surface area contributed by atoms with Crippen molar-refractivity contribution < 1.29 is 0 Å². The van der Waals surface area contributed by atoms with Gasteiger partial charge in [-0.1, -0.05) is 12.5 Å². The zero-order valence-electron chi connectivity index (χ0n) is 9.95. The van der Waals surface area contributed by atoms with Gasteiger partial charge in [-0.25, -0.2) is 0 Å². The van der Waals surface area contributed by atoms with E-state index in [1.54, 1.807) is 0 Å².